The highest BCUT2D eigenvalue weighted by Crippen LogP contribution is 2.49. The van der Waals surface area contributed by atoms with Crippen molar-refractivity contribution in [3.8, 4) is 0 Å². The van der Waals surface area contributed by atoms with Gasteiger partial charge in [0.25, 0.3) is 0 Å². The van der Waals surface area contributed by atoms with Gasteiger partial charge in [-0.25, -0.2) is 4.39 Å². The highest BCUT2D eigenvalue weighted by Gasteiger charge is 2.38. The number of unbranched alkanes of at least 4 members (excludes halogenated alkanes) is 3. The maximum absolute atomic E-state index is 15.0. The van der Waals surface area contributed by atoms with Crippen molar-refractivity contribution >= 4 is 0 Å². The van der Waals surface area contributed by atoms with Gasteiger partial charge < -0.3 is 0 Å². The van der Waals surface area contributed by atoms with Gasteiger partial charge in [-0.05, 0) is 110 Å². The number of aryl methyl sites for hydroxylation is 1. The minimum absolute atomic E-state index is 0.0961. The topological polar surface area (TPSA) is 0 Å². The standard InChI is InChI=1S/C30H45F/c1-3-5-7-8-9-22-11-12-25-20-26(15-14-24(25)19-22)27-17-18-29-28(21-27)16-13-23(30(29)31)10-6-4-2/h4,13,16,22,24-27H,2-3,5-12,14-15,17-21H2,1H3. The van der Waals surface area contributed by atoms with E-state index in [4.69, 9.17) is 0 Å². The normalized spacial score (nSPS) is 30.5. The van der Waals surface area contributed by atoms with E-state index in [9.17, 15) is 0 Å². The first kappa shape index (κ1) is 23.1. The van der Waals surface area contributed by atoms with Gasteiger partial charge in [-0.2, -0.15) is 0 Å². The molecule has 0 N–H and O–H groups in total. The summed E-state index contributed by atoms with van der Waals surface area (Å²) in [6, 6.07) is 4.30. The molecule has 0 aliphatic heterocycles. The molecular weight excluding hydrogens is 379 g/mol. The van der Waals surface area contributed by atoms with E-state index >= 15 is 4.39 Å². The van der Waals surface area contributed by atoms with E-state index in [1.54, 1.807) is 0 Å². The molecule has 2 fully saturated rings. The van der Waals surface area contributed by atoms with E-state index in [1.165, 1.54) is 82.6 Å². The van der Waals surface area contributed by atoms with Gasteiger partial charge in [0.15, 0.2) is 0 Å². The zero-order chi connectivity index (χ0) is 21.6. The largest absolute Gasteiger partial charge is 0.206 e. The highest BCUT2D eigenvalue weighted by atomic mass is 19.1. The SMILES string of the molecule is C=CCCc1ccc2c(c1F)CCC(C1CCC3CC(CCCCCC)CCC3C1)C2. The van der Waals surface area contributed by atoms with Crippen LogP contribution in [0.5, 0.6) is 0 Å². The lowest BCUT2D eigenvalue weighted by molar-refractivity contribution is 0.0688. The van der Waals surface area contributed by atoms with E-state index in [1.807, 2.05) is 6.08 Å². The molecule has 0 aromatic heterocycles. The molecule has 0 nitrogen and oxygen atoms in total. The Balaban J connectivity index is 1.29. The molecule has 172 valence electrons. The summed E-state index contributed by atoms with van der Waals surface area (Å²) in [6.45, 7) is 6.10. The van der Waals surface area contributed by atoms with Crippen molar-refractivity contribution < 1.29 is 4.39 Å². The van der Waals surface area contributed by atoms with Crippen LogP contribution in [0.15, 0.2) is 24.8 Å². The third-order valence-corrected chi connectivity index (χ3v) is 9.18. The molecule has 0 amide bonds. The van der Waals surface area contributed by atoms with Crippen LogP contribution in [0.25, 0.3) is 0 Å². The summed E-state index contributed by atoms with van der Waals surface area (Å²) in [7, 11) is 0. The second kappa shape index (κ2) is 11.2. The van der Waals surface area contributed by atoms with Gasteiger partial charge in [0.1, 0.15) is 5.82 Å². The first-order valence-electron chi connectivity index (χ1n) is 13.6. The van der Waals surface area contributed by atoms with Gasteiger partial charge in [-0.15, -0.1) is 6.58 Å². The molecule has 2 saturated carbocycles. The Hall–Kier alpha value is -1.11. The monoisotopic (exact) mass is 424 g/mol. The van der Waals surface area contributed by atoms with Crippen molar-refractivity contribution in [1.82, 2.24) is 0 Å². The predicted molar refractivity (Wildman–Crippen MR) is 131 cm³/mol. The van der Waals surface area contributed by atoms with Gasteiger partial charge >= 0.3 is 0 Å². The lowest BCUT2D eigenvalue weighted by Crippen LogP contribution is -2.35. The molecule has 1 aromatic rings. The van der Waals surface area contributed by atoms with Crippen LogP contribution in [0.3, 0.4) is 0 Å². The van der Waals surface area contributed by atoms with E-state index < -0.39 is 0 Å². The van der Waals surface area contributed by atoms with Crippen molar-refractivity contribution in [2.24, 2.45) is 29.6 Å². The number of rotatable bonds is 9. The molecule has 0 saturated heterocycles. The molecule has 0 heterocycles. The number of hydrogen-bond acceptors (Lipinski definition) is 0. The fraction of sp³-hybridized carbons (Fsp3) is 0.733. The van der Waals surface area contributed by atoms with Crippen molar-refractivity contribution in [2.45, 2.75) is 110 Å². The van der Waals surface area contributed by atoms with E-state index in [-0.39, 0.29) is 5.82 Å². The average molecular weight is 425 g/mol. The van der Waals surface area contributed by atoms with Gasteiger partial charge in [0.2, 0.25) is 0 Å². The van der Waals surface area contributed by atoms with Crippen LogP contribution in [-0.2, 0) is 19.3 Å². The molecular formula is C30H45F. The summed E-state index contributed by atoms with van der Waals surface area (Å²) in [5.41, 5.74) is 3.24. The zero-order valence-electron chi connectivity index (χ0n) is 20.0. The maximum atomic E-state index is 15.0. The molecule has 1 aromatic carbocycles. The Morgan fingerprint density at radius 1 is 0.935 bits per heavy atom. The van der Waals surface area contributed by atoms with Crippen LogP contribution < -0.4 is 0 Å². The van der Waals surface area contributed by atoms with Crippen molar-refractivity contribution in [1.29, 1.82) is 0 Å². The third kappa shape index (κ3) is 5.63. The van der Waals surface area contributed by atoms with Gasteiger partial charge in [0.05, 0.1) is 0 Å². The van der Waals surface area contributed by atoms with Crippen LogP contribution >= 0.6 is 0 Å². The molecule has 0 radical (unpaired) electrons. The molecule has 4 rings (SSSR count). The third-order valence-electron chi connectivity index (χ3n) is 9.18. The lowest BCUT2D eigenvalue weighted by atomic mass is 9.60. The number of allylic oxidation sites excluding steroid dienone is 1. The van der Waals surface area contributed by atoms with Crippen LogP contribution in [0.4, 0.5) is 4.39 Å². The Labute approximate surface area is 191 Å². The van der Waals surface area contributed by atoms with Crippen molar-refractivity contribution in [3.63, 3.8) is 0 Å². The van der Waals surface area contributed by atoms with Crippen LogP contribution in [0.1, 0.15) is 107 Å². The second-order valence-corrected chi connectivity index (χ2v) is 11.1. The molecule has 5 unspecified atom stereocenters. The predicted octanol–water partition coefficient (Wildman–Crippen LogP) is 8.85. The van der Waals surface area contributed by atoms with E-state index in [2.05, 4.69) is 25.6 Å². The maximum Gasteiger partial charge on any atom is 0.129 e. The first-order chi connectivity index (χ1) is 15.2. The summed E-state index contributed by atoms with van der Waals surface area (Å²) in [5.74, 6) is 4.80. The molecule has 31 heavy (non-hydrogen) atoms. The molecule has 3 aliphatic carbocycles. The van der Waals surface area contributed by atoms with Gasteiger partial charge in [-0.3, -0.25) is 0 Å². The fourth-order valence-electron chi connectivity index (χ4n) is 7.31. The summed E-state index contributed by atoms with van der Waals surface area (Å²) in [4.78, 5) is 0. The average Bonchev–Trinajstić information content (AvgIpc) is 2.81. The quantitative estimate of drug-likeness (QED) is 0.274. The van der Waals surface area contributed by atoms with E-state index in [0.29, 0.717) is 0 Å². The minimum Gasteiger partial charge on any atom is -0.206 e. The Kier molecular flexibility index (Phi) is 8.30. The minimum atomic E-state index is 0.0961. The summed E-state index contributed by atoms with van der Waals surface area (Å²) in [5, 5.41) is 0. The number of benzene rings is 1. The van der Waals surface area contributed by atoms with Gasteiger partial charge in [0, 0.05) is 0 Å². The van der Waals surface area contributed by atoms with Crippen LogP contribution in [0, 0.1) is 35.4 Å². The summed E-state index contributed by atoms with van der Waals surface area (Å²) in [6.07, 6.45) is 22.9. The summed E-state index contributed by atoms with van der Waals surface area (Å²) < 4.78 is 15.0. The lowest BCUT2D eigenvalue weighted by Gasteiger charge is -2.45. The summed E-state index contributed by atoms with van der Waals surface area (Å²) >= 11 is 0. The molecule has 1 heteroatoms. The van der Waals surface area contributed by atoms with Crippen LogP contribution in [0.2, 0.25) is 0 Å². The first-order valence-corrected chi connectivity index (χ1v) is 13.6. The number of halogens is 1. The van der Waals surface area contributed by atoms with E-state index in [0.717, 1.165) is 66.4 Å². The second-order valence-electron chi connectivity index (χ2n) is 11.1. The van der Waals surface area contributed by atoms with Crippen molar-refractivity contribution in [3.05, 3.63) is 47.3 Å². The Morgan fingerprint density at radius 2 is 1.71 bits per heavy atom. The highest BCUT2D eigenvalue weighted by molar-refractivity contribution is 5.36. The zero-order valence-corrected chi connectivity index (χ0v) is 20.0. The molecule has 5 atom stereocenters. The molecule has 0 bridgehead atoms. The van der Waals surface area contributed by atoms with Crippen LogP contribution in [-0.4, -0.2) is 0 Å². The van der Waals surface area contributed by atoms with Gasteiger partial charge in [-0.1, -0.05) is 63.7 Å². The van der Waals surface area contributed by atoms with Crippen molar-refractivity contribution in [2.75, 3.05) is 0 Å². The Bertz CT molecular complexity index is 719. The number of fused-ring (bicyclic) bond motifs is 2. The molecule has 0 spiro atoms. The Morgan fingerprint density at radius 3 is 2.52 bits per heavy atom. The fourth-order valence-corrected chi connectivity index (χ4v) is 7.31. The molecule has 3 aliphatic rings. The smallest absolute Gasteiger partial charge is 0.129 e. The number of hydrogen-bond donors (Lipinski definition) is 0.